The highest BCUT2D eigenvalue weighted by Gasteiger charge is 2.45. The maximum Gasteiger partial charge on any atom is 0.255 e. The van der Waals surface area contributed by atoms with Gasteiger partial charge in [0.05, 0.1) is 24.9 Å². The van der Waals surface area contributed by atoms with Crippen LogP contribution < -0.4 is 10.5 Å². The van der Waals surface area contributed by atoms with Crippen molar-refractivity contribution in [1.82, 2.24) is 19.8 Å². The summed E-state index contributed by atoms with van der Waals surface area (Å²) in [6.07, 6.45) is 5.65. The van der Waals surface area contributed by atoms with Crippen LogP contribution in [0.2, 0.25) is 0 Å². The second-order valence-corrected chi connectivity index (χ2v) is 9.06. The van der Waals surface area contributed by atoms with Gasteiger partial charge < -0.3 is 14.5 Å². The van der Waals surface area contributed by atoms with E-state index in [1.54, 1.807) is 0 Å². The van der Waals surface area contributed by atoms with Gasteiger partial charge in [0, 0.05) is 37.2 Å². The lowest BCUT2D eigenvalue weighted by Crippen LogP contribution is -2.50. The number of carbonyl (C=O) groups excluding carboxylic acids is 1. The first-order valence-corrected chi connectivity index (χ1v) is 11.0. The van der Waals surface area contributed by atoms with Crippen LogP contribution in [-0.4, -0.2) is 84.7 Å². The Labute approximate surface area is 171 Å². The average molecular weight is 402 g/mol. The van der Waals surface area contributed by atoms with Crippen molar-refractivity contribution in [2.45, 2.75) is 50.0 Å². The number of likely N-dealkylation sites (tertiary alicyclic amines) is 2. The quantitative estimate of drug-likeness (QED) is 0.778. The van der Waals surface area contributed by atoms with Crippen molar-refractivity contribution >= 4 is 11.9 Å². The number of nitrogens with one attached hydrogen (secondary N) is 1. The van der Waals surface area contributed by atoms with Crippen molar-refractivity contribution in [3.8, 4) is 0 Å². The first-order chi connectivity index (χ1) is 14.1. The molecule has 1 spiro atoms. The van der Waals surface area contributed by atoms with Gasteiger partial charge in [0.25, 0.3) is 5.56 Å². The molecule has 0 aromatic carbocycles. The molecule has 4 heterocycles. The minimum atomic E-state index is -0.0526. The molecular formula is C21H31N5O3. The molecule has 1 N–H and O–H groups in total. The van der Waals surface area contributed by atoms with Crippen molar-refractivity contribution in [2.24, 2.45) is 0 Å². The Balaban J connectivity index is 1.35. The van der Waals surface area contributed by atoms with E-state index in [0.717, 1.165) is 82.5 Å². The largest absolute Gasteiger partial charge is 0.378 e. The highest BCUT2D eigenvalue weighted by atomic mass is 16.5. The number of rotatable bonds is 2. The van der Waals surface area contributed by atoms with Crippen LogP contribution in [0.3, 0.4) is 0 Å². The standard InChI is InChI=1S/C21H31N5O3/c1-24-8-2-3-16(24)19(28)25-9-6-21(7-10-25)5-4-15-17(21)22-20(23-18(15)27)26-11-13-29-14-12-26/h16H,2-14H2,1H3,(H,22,23,27)/t16-/m0/s1. The molecule has 1 atom stereocenters. The fourth-order valence-electron chi connectivity index (χ4n) is 5.64. The molecule has 3 aliphatic heterocycles. The summed E-state index contributed by atoms with van der Waals surface area (Å²) in [6.45, 7) is 5.39. The molecule has 0 bridgehead atoms. The van der Waals surface area contributed by atoms with Crippen molar-refractivity contribution in [3.05, 3.63) is 21.6 Å². The number of ether oxygens (including phenoxy) is 1. The zero-order chi connectivity index (χ0) is 20.0. The van der Waals surface area contributed by atoms with E-state index >= 15 is 0 Å². The summed E-state index contributed by atoms with van der Waals surface area (Å²) < 4.78 is 5.44. The van der Waals surface area contributed by atoms with Gasteiger partial charge in [0.15, 0.2) is 0 Å². The number of H-pyrrole nitrogens is 1. The highest BCUT2D eigenvalue weighted by molar-refractivity contribution is 5.82. The monoisotopic (exact) mass is 401 g/mol. The second-order valence-electron chi connectivity index (χ2n) is 9.06. The van der Waals surface area contributed by atoms with Crippen LogP contribution in [-0.2, 0) is 21.4 Å². The van der Waals surface area contributed by atoms with Gasteiger partial charge in [-0.3, -0.25) is 19.5 Å². The number of aromatic nitrogens is 2. The third kappa shape index (κ3) is 3.26. The van der Waals surface area contributed by atoms with E-state index in [2.05, 4.69) is 21.8 Å². The van der Waals surface area contributed by atoms with E-state index < -0.39 is 0 Å². The predicted octanol–water partition coefficient (Wildman–Crippen LogP) is 0.507. The molecule has 1 amide bonds. The van der Waals surface area contributed by atoms with E-state index in [1.165, 1.54) is 0 Å². The Bertz CT molecular complexity index is 839. The molecule has 3 saturated heterocycles. The molecule has 29 heavy (non-hydrogen) atoms. The Morgan fingerprint density at radius 3 is 2.59 bits per heavy atom. The van der Waals surface area contributed by atoms with E-state index in [0.29, 0.717) is 19.2 Å². The Hall–Kier alpha value is -1.93. The highest BCUT2D eigenvalue weighted by Crippen LogP contribution is 2.44. The molecule has 5 rings (SSSR count). The number of fused-ring (bicyclic) bond motifs is 2. The topological polar surface area (TPSA) is 81.8 Å². The molecule has 0 unspecified atom stereocenters. The zero-order valence-electron chi connectivity index (χ0n) is 17.3. The van der Waals surface area contributed by atoms with Crippen LogP contribution in [0, 0.1) is 0 Å². The minimum Gasteiger partial charge on any atom is -0.378 e. The van der Waals surface area contributed by atoms with Crippen LogP contribution in [0.25, 0.3) is 0 Å². The lowest BCUT2D eigenvalue weighted by molar-refractivity contribution is -0.137. The van der Waals surface area contributed by atoms with Crippen LogP contribution in [0.1, 0.15) is 43.4 Å². The molecule has 1 aromatic rings. The smallest absolute Gasteiger partial charge is 0.255 e. The predicted molar refractivity (Wildman–Crippen MR) is 109 cm³/mol. The van der Waals surface area contributed by atoms with Gasteiger partial charge in [-0.25, -0.2) is 4.98 Å². The van der Waals surface area contributed by atoms with Gasteiger partial charge in [-0.2, -0.15) is 0 Å². The number of likely N-dealkylation sites (N-methyl/N-ethyl adjacent to an activating group) is 1. The Kier molecular flexibility index (Phi) is 4.86. The number of piperidine rings is 1. The molecule has 158 valence electrons. The van der Waals surface area contributed by atoms with E-state index in [9.17, 15) is 9.59 Å². The molecule has 0 radical (unpaired) electrons. The first kappa shape index (κ1) is 19.1. The molecule has 3 fully saturated rings. The van der Waals surface area contributed by atoms with Gasteiger partial charge in [-0.15, -0.1) is 0 Å². The average Bonchev–Trinajstić information content (AvgIpc) is 3.33. The van der Waals surface area contributed by atoms with Crippen molar-refractivity contribution in [3.63, 3.8) is 0 Å². The summed E-state index contributed by atoms with van der Waals surface area (Å²) in [7, 11) is 2.05. The lowest BCUT2D eigenvalue weighted by atomic mass is 9.76. The van der Waals surface area contributed by atoms with Gasteiger partial charge >= 0.3 is 0 Å². The van der Waals surface area contributed by atoms with Crippen LogP contribution in [0.4, 0.5) is 5.95 Å². The number of aromatic amines is 1. The van der Waals surface area contributed by atoms with Gasteiger partial charge in [-0.1, -0.05) is 0 Å². The Morgan fingerprint density at radius 2 is 1.90 bits per heavy atom. The zero-order valence-corrected chi connectivity index (χ0v) is 17.3. The number of hydrogen-bond acceptors (Lipinski definition) is 6. The molecule has 8 nitrogen and oxygen atoms in total. The normalized spacial score (nSPS) is 26.9. The lowest BCUT2D eigenvalue weighted by Gasteiger charge is -2.41. The molecule has 1 aliphatic carbocycles. The van der Waals surface area contributed by atoms with Crippen molar-refractivity contribution in [2.75, 3.05) is 57.9 Å². The summed E-state index contributed by atoms with van der Waals surface area (Å²) in [5, 5.41) is 0. The minimum absolute atomic E-state index is 0.0134. The number of carbonyl (C=O) groups is 1. The summed E-state index contributed by atoms with van der Waals surface area (Å²) in [5.74, 6) is 0.968. The van der Waals surface area contributed by atoms with Gasteiger partial charge in [-0.05, 0) is 52.1 Å². The number of morpholine rings is 1. The van der Waals surface area contributed by atoms with E-state index in [4.69, 9.17) is 9.72 Å². The first-order valence-electron chi connectivity index (χ1n) is 11.0. The fourth-order valence-corrected chi connectivity index (χ4v) is 5.64. The maximum absolute atomic E-state index is 13.0. The molecule has 8 heteroatoms. The number of nitrogens with zero attached hydrogens (tertiary/aromatic N) is 4. The number of amides is 1. The second kappa shape index (κ2) is 7.40. The molecular weight excluding hydrogens is 370 g/mol. The van der Waals surface area contributed by atoms with Crippen LogP contribution in [0.15, 0.2) is 4.79 Å². The molecule has 4 aliphatic rings. The maximum atomic E-state index is 13.0. The van der Waals surface area contributed by atoms with Gasteiger partial charge in [0.1, 0.15) is 0 Å². The van der Waals surface area contributed by atoms with Crippen molar-refractivity contribution in [1.29, 1.82) is 0 Å². The molecule has 0 saturated carbocycles. The van der Waals surface area contributed by atoms with Gasteiger partial charge in [0.2, 0.25) is 11.9 Å². The number of anilines is 1. The third-order valence-corrected chi connectivity index (χ3v) is 7.51. The molecule has 1 aromatic heterocycles. The summed E-state index contributed by atoms with van der Waals surface area (Å²) in [6, 6.07) is 0.0498. The summed E-state index contributed by atoms with van der Waals surface area (Å²) in [5.41, 5.74) is 1.81. The number of hydrogen-bond donors (Lipinski definition) is 1. The van der Waals surface area contributed by atoms with Crippen LogP contribution >= 0.6 is 0 Å². The van der Waals surface area contributed by atoms with Crippen molar-refractivity contribution < 1.29 is 9.53 Å². The van der Waals surface area contributed by atoms with Crippen LogP contribution in [0.5, 0.6) is 0 Å². The summed E-state index contributed by atoms with van der Waals surface area (Å²) in [4.78, 5) is 40.1. The Morgan fingerprint density at radius 1 is 1.14 bits per heavy atom. The fraction of sp³-hybridized carbons (Fsp3) is 0.762. The van der Waals surface area contributed by atoms with E-state index in [-0.39, 0.29) is 22.9 Å². The van der Waals surface area contributed by atoms with E-state index in [1.807, 2.05) is 4.90 Å². The SMILES string of the molecule is CN1CCC[C@H]1C(=O)N1CCC2(CCc3c2nc(N2CCOCC2)[nH]c3=O)CC1. The third-order valence-electron chi connectivity index (χ3n) is 7.51. The summed E-state index contributed by atoms with van der Waals surface area (Å²) >= 11 is 0.